The number of H-pyrrole nitrogens is 1. The van der Waals surface area contributed by atoms with Crippen LogP contribution < -0.4 is 11.0 Å². The molecule has 2 aromatic rings. The van der Waals surface area contributed by atoms with Crippen molar-refractivity contribution in [2.75, 3.05) is 18.1 Å². The van der Waals surface area contributed by atoms with Crippen LogP contribution in [0.4, 0.5) is 5.82 Å². The molecule has 0 aromatic carbocycles. The van der Waals surface area contributed by atoms with Crippen molar-refractivity contribution in [3.63, 3.8) is 0 Å². The van der Waals surface area contributed by atoms with Gasteiger partial charge in [0.05, 0.1) is 0 Å². The van der Waals surface area contributed by atoms with Crippen LogP contribution >= 0.6 is 11.8 Å². The van der Waals surface area contributed by atoms with Crippen LogP contribution in [0, 0.1) is 0 Å². The maximum Gasteiger partial charge on any atom is 0.364 e. The lowest BCUT2D eigenvalue weighted by Crippen LogP contribution is -2.40. The topological polar surface area (TPSA) is 75.1 Å². The molecule has 0 amide bonds. The highest BCUT2D eigenvalue weighted by Gasteiger charge is 2.35. The first-order valence-corrected chi connectivity index (χ1v) is 7.18. The lowest BCUT2D eigenvalue weighted by atomic mass is 9.84. The van der Waals surface area contributed by atoms with Gasteiger partial charge in [0.15, 0.2) is 5.65 Å². The minimum Gasteiger partial charge on any atom is -0.367 e. The van der Waals surface area contributed by atoms with Gasteiger partial charge >= 0.3 is 5.69 Å². The molecule has 0 atom stereocenters. The first kappa shape index (κ1) is 11.6. The van der Waals surface area contributed by atoms with E-state index < -0.39 is 0 Å². The molecule has 3 rings (SSSR count). The number of thioether (sulfide) groups is 1. The molecule has 96 valence electrons. The lowest BCUT2D eigenvalue weighted by molar-refractivity contribution is 0.379. The van der Waals surface area contributed by atoms with Gasteiger partial charge < -0.3 is 5.32 Å². The van der Waals surface area contributed by atoms with Crippen molar-refractivity contribution in [2.45, 2.75) is 24.0 Å². The van der Waals surface area contributed by atoms with Crippen LogP contribution in [0.1, 0.15) is 19.3 Å². The number of anilines is 1. The van der Waals surface area contributed by atoms with E-state index >= 15 is 0 Å². The first-order chi connectivity index (χ1) is 8.72. The molecule has 1 saturated carbocycles. The number of fused-ring (bicyclic) bond motifs is 1. The molecule has 6 nitrogen and oxygen atoms in total. The Bertz CT molecular complexity index is 610. The van der Waals surface area contributed by atoms with E-state index in [1.165, 1.54) is 23.8 Å². The van der Waals surface area contributed by atoms with Crippen molar-refractivity contribution in [3.05, 3.63) is 22.6 Å². The van der Waals surface area contributed by atoms with Gasteiger partial charge in [-0.1, -0.05) is 6.42 Å². The summed E-state index contributed by atoms with van der Waals surface area (Å²) >= 11 is 1.91. The predicted octanol–water partition coefficient (Wildman–Crippen LogP) is 1.12. The van der Waals surface area contributed by atoms with Crippen molar-refractivity contribution in [2.24, 2.45) is 0 Å². The quantitative estimate of drug-likeness (QED) is 0.866. The number of hydrogen-bond donors (Lipinski definition) is 2. The summed E-state index contributed by atoms with van der Waals surface area (Å²) in [5, 5.41) is 13.8. The van der Waals surface area contributed by atoms with Gasteiger partial charge in [-0.25, -0.2) is 9.89 Å². The molecule has 7 heteroatoms. The minimum atomic E-state index is -0.308. The number of aromatic nitrogens is 4. The Balaban J connectivity index is 1.78. The Hall–Kier alpha value is -1.50. The molecule has 0 aliphatic heterocycles. The van der Waals surface area contributed by atoms with Crippen LogP contribution in [-0.2, 0) is 0 Å². The second-order valence-electron chi connectivity index (χ2n) is 4.61. The second-order valence-corrected chi connectivity index (χ2v) is 5.89. The molecular weight excluding hydrogens is 250 g/mol. The Kier molecular flexibility index (Phi) is 2.77. The van der Waals surface area contributed by atoms with E-state index in [2.05, 4.69) is 26.9 Å². The maximum absolute atomic E-state index is 11.4. The van der Waals surface area contributed by atoms with Gasteiger partial charge in [0, 0.05) is 11.3 Å². The smallest absolute Gasteiger partial charge is 0.364 e. The summed E-state index contributed by atoms with van der Waals surface area (Å²) < 4.78 is 1.62. The van der Waals surface area contributed by atoms with E-state index in [1.54, 1.807) is 6.07 Å². The fourth-order valence-corrected chi connectivity index (χ4v) is 3.09. The molecule has 1 aliphatic rings. The summed E-state index contributed by atoms with van der Waals surface area (Å²) in [5.41, 5.74) is 0.227. The van der Waals surface area contributed by atoms with Crippen molar-refractivity contribution < 1.29 is 0 Å². The SMILES string of the molecule is CSC1(CNc2ccc3n[nH]c(=O)n3n2)CCC1. The highest BCUT2D eigenvalue weighted by molar-refractivity contribution is 8.00. The predicted molar refractivity (Wildman–Crippen MR) is 72.2 cm³/mol. The standard InChI is InChI=1S/C11H15N5OS/c1-18-11(5-2-6-11)7-12-8-3-4-9-13-14-10(17)16(9)15-8/h3-4H,2,5-7H2,1H3,(H,12,15)(H,14,17). The minimum absolute atomic E-state index is 0.308. The third-order valence-corrected chi connectivity index (χ3v) is 4.98. The highest BCUT2D eigenvalue weighted by atomic mass is 32.2. The summed E-state index contributed by atoms with van der Waals surface area (Å²) in [6.07, 6.45) is 5.94. The Morgan fingerprint density at radius 1 is 1.56 bits per heavy atom. The van der Waals surface area contributed by atoms with Crippen molar-refractivity contribution in [1.29, 1.82) is 0 Å². The van der Waals surface area contributed by atoms with Crippen molar-refractivity contribution in [1.82, 2.24) is 19.8 Å². The first-order valence-electron chi connectivity index (χ1n) is 5.96. The maximum atomic E-state index is 11.4. The van der Waals surface area contributed by atoms with Crippen LogP contribution in [0.15, 0.2) is 16.9 Å². The van der Waals surface area contributed by atoms with Gasteiger partial charge in [-0.3, -0.25) is 0 Å². The molecule has 2 N–H and O–H groups in total. The number of nitrogens with one attached hydrogen (secondary N) is 2. The second kappa shape index (κ2) is 4.31. The van der Waals surface area contributed by atoms with Crippen LogP contribution in [0.2, 0.25) is 0 Å². The lowest BCUT2D eigenvalue weighted by Gasteiger charge is -2.40. The number of aromatic amines is 1. The average Bonchev–Trinajstić information content (AvgIpc) is 2.70. The van der Waals surface area contributed by atoms with Crippen LogP contribution in [-0.4, -0.2) is 37.4 Å². The number of rotatable bonds is 4. The van der Waals surface area contributed by atoms with E-state index in [0.717, 1.165) is 6.54 Å². The Morgan fingerprint density at radius 2 is 2.39 bits per heavy atom. The van der Waals surface area contributed by atoms with E-state index in [9.17, 15) is 4.79 Å². The summed E-state index contributed by atoms with van der Waals surface area (Å²) in [6, 6.07) is 3.63. The molecular formula is C11H15N5OS. The van der Waals surface area contributed by atoms with Gasteiger partial charge in [-0.05, 0) is 31.2 Å². The Labute approximate surface area is 108 Å². The summed E-state index contributed by atoms with van der Waals surface area (Å²) in [5.74, 6) is 0.714. The zero-order valence-corrected chi connectivity index (χ0v) is 11.0. The van der Waals surface area contributed by atoms with Gasteiger partial charge in [0.2, 0.25) is 0 Å². The normalized spacial score (nSPS) is 17.6. The van der Waals surface area contributed by atoms with Crippen molar-refractivity contribution in [3.8, 4) is 0 Å². The van der Waals surface area contributed by atoms with E-state index in [-0.39, 0.29) is 5.69 Å². The molecule has 1 aliphatic carbocycles. The summed E-state index contributed by atoms with van der Waals surface area (Å²) in [6.45, 7) is 0.888. The number of nitrogens with zero attached hydrogens (tertiary/aromatic N) is 3. The zero-order valence-electron chi connectivity index (χ0n) is 10.1. The monoisotopic (exact) mass is 265 g/mol. The highest BCUT2D eigenvalue weighted by Crippen LogP contribution is 2.42. The van der Waals surface area contributed by atoms with Crippen LogP contribution in [0.25, 0.3) is 5.65 Å². The fourth-order valence-electron chi connectivity index (χ4n) is 2.17. The van der Waals surface area contributed by atoms with Crippen molar-refractivity contribution >= 4 is 23.2 Å². The third-order valence-electron chi connectivity index (χ3n) is 3.56. The zero-order chi connectivity index (χ0) is 12.6. The molecule has 0 unspecified atom stereocenters. The van der Waals surface area contributed by atoms with Gasteiger partial charge in [-0.15, -0.1) is 5.10 Å². The number of hydrogen-bond acceptors (Lipinski definition) is 5. The third kappa shape index (κ3) is 1.88. The molecule has 0 saturated heterocycles. The largest absolute Gasteiger partial charge is 0.367 e. The average molecular weight is 265 g/mol. The van der Waals surface area contributed by atoms with E-state index in [0.29, 0.717) is 16.2 Å². The molecule has 0 radical (unpaired) electrons. The summed E-state index contributed by atoms with van der Waals surface area (Å²) in [4.78, 5) is 11.4. The molecule has 1 fully saturated rings. The van der Waals surface area contributed by atoms with Crippen LogP contribution in [0.5, 0.6) is 0 Å². The molecule has 2 aromatic heterocycles. The van der Waals surface area contributed by atoms with E-state index in [1.807, 2.05) is 17.8 Å². The summed E-state index contributed by atoms with van der Waals surface area (Å²) in [7, 11) is 0. The molecule has 2 heterocycles. The molecule has 0 spiro atoms. The molecule has 0 bridgehead atoms. The van der Waals surface area contributed by atoms with Crippen LogP contribution in [0.3, 0.4) is 0 Å². The fraction of sp³-hybridized carbons (Fsp3) is 0.545. The van der Waals surface area contributed by atoms with Gasteiger partial charge in [-0.2, -0.15) is 21.4 Å². The molecule has 18 heavy (non-hydrogen) atoms. The van der Waals surface area contributed by atoms with Gasteiger partial charge in [0.1, 0.15) is 5.82 Å². The Morgan fingerprint density at radius 3 is 3.06 bits per heavy atom. The van der Waals surface area contributed by atoms with E-state index in [4.69, 9.17) is 0 Å². The van der Waals surface area contributed by atoms with Gasteiger partial charge in [0.25, 0.3) is 0 Å².